The van der Waals surface area contributed by atoms with Gasteiger partial charge in [-0.25, -0.2) is 4.79 Å². The summed E-state index contributed by atoms with van der Waals surface area (Å²) >= 11 is 0. The first-order valence-corrected chi connectivity index (χ1v) is 9.85. The predicted octanol–water partition coefficient (Wildman–Crippen LogP) is 3.45. The Balaban J connectivity index is 1.49. The number of methoxy groups -OCH3 is 2. The van der Waals surface area contributed by atoms with E-state index in [0.29, 0.717) is 19.7 Å². The summed E-state index contributed by atoms with van der Waals surface area (Å²) in [5.74, 6) is 2.26. The number of nitrogens with one attached hydrogen (secondary N) is 1. The van der Waals surface area contributed by atoms with Gasteiger partial charge in [-0.2, -0.15) is 0 Å². The second-order valence-corrected chi connectivity index (χ2v) is 6.84. The van der Waals surface area contributed by atoms with Crippen molar-refractivity contribution >= 4 is 11.7 Å². The molecule has 1 fully saturated rings. The molecule has 1 aliphatic rings. The van der Waals surface area contributed by atoms with Crippen LogP contribution in [0.15, 0.2) is 42.5 Å². The Morgan fingerprint density at radius 1 is 0.966 bits per heavy atom. The molecule has 0 bridgehead atoms. The molecule has 0 aliphatic carbocycles. The number of anilines is 1. The van der Waals surface area contributed by atoms with Gasteiger partial charge in [-0.05, 0) is 48.9 Å². The molecular formula is C22H29N3O4. The molecule has 156 valence electrons. The van der Waals surface area contributed by atoms with Crippen molar-refractivity contribution < 1.29 is 19.0 Å². The molecule has 2 aromatic rings. The zero-order valence-electron chi connectivity index (χ0n) is 17.3. The largest absolute Gasteiger partial charge is 0.494 e. The van der Waals surface area contributed by atoms with Crippen LogP contribution < -0.4 is 19.5 Å². The summed E-state index contributed by atoms with van der Waals surface area (Å²) in [6.45, 7) is 6.41. The summed E-state index contributed by atoms with van der Waals surface area (Å²) in [5.41, 5.74) is 1.93. The molecule has 2 aromatic carbocycles. The molecule has 1 heterocycles. The van der Waals surface area contributed by atoms with Gasteiger partial charge in [0, 0.05) is 38.4 Å². The molecular weight excluding hydrogens is 370 g/mol. The number of carbonyl (C=O) groups is 1. The van der Waals surface area contributed by atoms with Crippen molar-refractivity contribution in [1.82, 2.24) is 9.80 Å². The zero-order valence-corrected chi connectivity index (χ0v) is 17.3. The van der Waals surface area contributed by atoms with Crippen molar-refractivity contribution in [2.45, 2.75) is 13.5 Å². The highest BCUT2D eigenvalue weighted by atomic mass is 16.5. The molecule has 1 saturated heterocycles. The van der Waals surface area contributed by atoms with Gasteiger partial charge in [-0.15, -0.1) is 0 Å². The highest BCUT2D eigenvalue weighted by molar-refractivity contribution is 5.89. The number of hydrogen-bond acceptors (Lipinski definition) is 5. The van der Waals surface area contributed by atoms with E-state index in [1.54, 1.807) is 14.2 Å². The van der Waals surface area contributed by atoms with Crippen LogP contribution >= 0.6 is 0 Å². The molecule has 1 N–H and O–H groups in total. The Kier molecular flexibility index (Phi) is 7.19. The predicted molar refractivity (Wildman–Crippen MR) is 113 cm³/mol. The van der Waals surface area contributed by atoms with Crippen LogP contribution in [0.5, 0.6) is 17.2 Å². The highest BCUT2D eigenvalue weighted by Gasteiger charge is 2.21. The Morgan fingerprint density at radius 3 is 2.28 bits per heavy atom. The lowest BCUT2D eigenvalue weighted by atomic mass is 10.1. The molecule has 29 heavy (non-hydrogen) atoms. The summed E-state index contributed by atoms with van der Waals surface area (Å²) in [5, 5.41) is 2.96. The minimum Gasteiger partial charge on any atom is -0.494 e. The van der Waals surface area contributed by atoms with E-state index >= 15 is 0 Å². The number of urea groups is 1. The standard InChI is InChI=1S/C22H29N3O4/c1-4-29-19-8-6-18(7-9-19)23-22(26)25-13-11-24(12-14-25)16-17-5-10-20(27-2)21(15-17)28-3/h5-10,15H,4,11-14,16H2,1-3H3,(H,23,26). The summed E-state index contributed by atoms with van der Waals surface area (Å²) < 4.78 is 16.1. The molecule has 0 radical (unpaired) electrons. The maximum atomic E-state index is 12.5. The number of hydrogen-bond donors (Lipinski definition) is 1. The third kappa shape index (κ3) is 5.54. The quantitative estimate of drug-likeness (QED) is 0.773. The van der Waals surface area contributed by atoms with E-state index < -0.39 is 0 Å². The number of piperazine rings is 1. The molecule has 0 unspecified atom stereocenters. The summed E-state index contributed by atoms with van der Waals surface area (Å²) in [7, 11) is 3.28. The lowest BCUT2D eigenvalue weighted by molar-refractivity contribution is 0.143. The van der Waals surface area contributed by atoms with E-state index in [1.807, 2.05) is 54.3 Å². The van der Waals surface area contributed by atoms with E-state index in [4.69, 9.17) is 14.2 Å². The smallest absolute Gasteiger partial charge is 0.321 e. The van der Waals surface area contributed by atoms with Crippen LogP contribution in [0.2, 0.25) is 0 Å². The maximum Gasteiger partial charge on any atom is 0.321 e. The lowest BCUT2D eigenvalue weighted by Crippen LogP contribution is -2.49. The molecule has 0 atom stereocenters. The van der Waals surface area contributed by atoms with Crippen LogP contribution in [-0.2, 0) is 6.54 Å². The van der Waals surface area contributed by atoms with E-state index in [9.17, 15) is 4.79 Å². The highest BCUT2D eigenvalue weighted by Crippen LogP contribution is 2.28. The van der Waals surface area contributed by atoms with Crippen molar-refractivity contribution in [3.8, 4) is 17.2 Å². The van der Waals surface area contributed by atoms with E-state index in [0.717, 1.165) is 48.1 Å². The minimum absolute atomic E-state index is 0.0695. The first kappa shape index (κ1) is 20.8. The SMILES string of the molecule is CCOc1ccc(NC(=O)N2CCN(Cc3ccc(OC)c(OC)c3)CC2)cc1. The van der Waals surface area contributed by atoms with Gasteiger partial charge in [0.15, 0.2) is 11.5 Å². The molecule has 0 spiro atoms. The monoisotopic (exact) mass is 399 g/mol. The van der Waals surface area contributed by atoms with Crippen molar-refractivity contribution in [3.05, 3.63) is 48.0 Å². The number of ether oxygens (including phenoxy) is 3. The topological polar surface area (TPSA) is 63.3 Å². The Hall–Kier alpha value is -2.93. The first-order chi connectivity index (χ1) is 14.1. The molecule has 0 saturated carbocycles. The van der Waals surface area contributed by atoms with Gasteiger partial charge in [0.25, 0.3) is 0 Å². The normalized spacial score (nSPS) is 14.4. The van der Waals surface area contributed by atoms with Crippen LogP contribution in [0.1, 0.15) is 12.5 Å². The molecule has 2 amide bonds. The molecule has 7 nitrogen and oxygen atoms in total. The van der Waals surface area contributed by atoms with Crippen LogP contribution in [0.4, 0.5) is 10.5 Å². The molecule has 7 heteroatoms. The number of rotatable bonds is 7. The van der Waals surface area contributed by atoms with Crippen molar-refractivity contribution in [2.24, 2.45) is 0 Å². The van der Waals surface area contributed by atoms with E-state index in [-0.39, 0.29) is 6.03 Å². The minimum atomic E-state index is -0.0695. The zero-order chi connectivity index (χ0) is 20.6. The van der Waals surface area contributed by atoms with Crippen molar-refractivity contribution in [2.75, 3.05) is 52.3 Å². The second-order valence-electron chi connectivity index (χ2n) is 6.84. The van der Waals surface area contributed by atoms with Gasteiger partial charge >= 0.3 is 6.03 Å². The molecule has 0 aromatic heterocycles. The number of carbonyl (C=O) groups excluding carboxylic acids is 1. The summed E-state index contributed by atoms with van der Waals surface area (Å²) in [6.07, 6.45) is 0. The third-order valence-electron chi connectivity index (χ3n) is 4.93. The molecule has 3 rings (SSSR count). The second kappa shape index (κ2) is 10.0. The molecule has 1 aliphatic heterocycles. The Morgan fingerprint density at radius 2 is 1.66 bits per heavy atom. The van der Waals surface area contributed by atoms with Crippen molar-refractivity contribution in [1.29, 1.82) is 0 Å². The van der Waals surface area contributed by atoms with Gasteiger partial charge in [0.2, 0.25) is 0 Å². The van der Waals surface area contributed by atoms with Gasteiger partial charge in [-0.1, -0.05) is 6.07 Å². The summed E-state index contributed by atoms with van der Waals surface area (Å²) in [6, 6.07) is 13.3. The fourth-order valence-electron chi connectivity index (χ4n) is 3.35. The first-order valence-electron chi connectivity index (χ1n) is 9.85. The Bertz CT molecular complexity index is 802. The van der Waals surface area contributed by atoms with Gasteiger partial charge < -0.3 is 24.4 Å². The van der Waals surface area contributed by atoms with Gasteiger partial charge in [0.05, 0.1) is 20.8 Å². The summed E-state index contributed by atoms with van der Waals surface area (Å²) in [4.78, 5) is 16.7. The fourth-order valence-corrected chi connectivity index (χ4v) is 3.35. The average molecular weight is 399 g/mol. The van der Waals surface area contributed by atoms with Gasteiger partial charge in [0.1, 0.15) is 5.75 Å². The Labute approximate surface area is 172 Å². The number of nitrogens with zero attached hydrogens (tertiary/aromatic N) is 2. The van der Waals surface area contributed by atoms with Crippen LogP contribution in [0.25, 0.3) is 0 Å². The van der Waals surface area contributed by atoms with E-state index in [2.05, 4.69) is 10.2 Å². The third-order valence-corrected chi connectivity index (χ3v) is 4.93. The number of benzene rings is 2. The van der Waals surface area contributed by atoms with E-state index in [1.165, 1.54) is 0 Å². The fraction of sp³-hybridized carbons (Fsp3) is 0.409. The van der Waals surface area contributed by atoms with Gasteiger partial charge in [-0.3, -0.25) is 4.90 Å². The number of amides is 2. The van der Waals surface area contributed by atoms with Crippen LogP contribution in [-0.4, -0.2) is 62.8 Å². The average Bonchev–Trinajstić information content (AvgIpc) is 2.75. The van der Waals surface area contributed by atoms with Crippen molar-refractivity contribution in [3.63, 3.8) is 0 Å². The maximum absolute atomic E-state index is 12.5. The van der Waals surface area contributed by atoms with Crippen LogP contribution in [0.3, 0.4) is 0 Å². The van der Waals surface area contributed by atoms with Crippen LogP contribution in [0, 0.1) is 0 Å². The lowest BCUT2D eigenvalue weighted by Gasteiger charge is -2.34.